The van der Waals surface area contributed by atoms with E-state index in [-0.39, 0.29) is 34.2 Å². The van der Waals surface area contributed by atoms with Gasteiger partial charge in [0.05, 0.1) is 22.0 Å². The van der Waals surface area contributed by atoms with E-state index >= 15 is 0 Å². The summed E-state index contributed by atoms with van der Waals surface area (Å²) in [4.78, 5) is 25.0. The van der Waals surface area contributed by atoms with Crippen LogP contribution < -0.4 is 15.0 Å². The predicted molar refractivity (Wildman–Crippen MR) is 128 cm³/mol. The van der Waals surface area contributed by atoms with Gasteiger partial charge < -0.3 is 5.32 Å². The Bertz CT molecular complexity index is 1360. The highest BCUT2D eigenvalue weighted by atomic mass is 32.2. The first-order valence-electron chi connectivity index (χ1n) is 10.4. The SMILES string of the molecule is CC(=O)C1CC(C(=O)Nc2ccccc2NS(=O)(=O)c2ccc(F)cc2)=NN1c1ccccc1. The standard InChI is InChI=1S/C24H21FN4O4S/c1-16(30)23-15-22(27-29(23)18-7-3-2-4-8-18)24(31)26-20-9-5-6-10-21(20)28-34(32,33)19-13-11-17(25)12-14-19/h2-14,23,28H,15H2,1H3,(H,26,31). The largest absolute Gasteiger partial charge is 0.319 e. The summed E-state index contributed by atoms with van der Waals surface area (Å²) in [6.45, 7) is 1.44. The summed E-state index contributed by atoms with van der Waals surface area (Å²) < 4.78 is 41.0. The molecule has 0 saturated heterocycles. The molecule has 0 aromatic heterocycles. The van der Waals surface area contributed by atoms with Crippen molar-refractivity contribution in [1.29, 1.82) is 0 Å². The summed E-state index contributed by atoms with van der Waals surface area (Å²) in [5, 5.41) is 8.55. The lowest BCUT2D eigenvalue weighted by atomic mass is 10.1. The molecule has 0 aliphatic carbocycles. The van der Waals surface area contributed by atoms with E-state index in [1.807, 2.05) is 18.2 Å². The Hall–Kier alpha value is -4.05. The number of hydrogen-bond donors (Lipinski definition) is 2. The third kappa shape index (κ3) is 4.96. The van der Waals surface area contributed by atoms with Gasteiger partial charge in [0.15, 0.2) is 5.78 Å². The molecule has 10 heteroatoms. The van der Waals surface area contributed by atoms with Gasteiger partial charge in [0, 0.05) is 6.42 Å². The smallest absolute Gasteiger partial charge is 0.272 e. The highest BCUT2D eigenvalue weighted by Crippen LogP contribution is 2.28. The van der Waals surface area contributed by atoms with Gasteiger partial charge >= 0.3 is 0 Å². The molecule has 1 unspecified atom stereocenters. The normalized spacial score (nSPS) is 15.5. The zero-order chi connectivity index (χ0) is 24.3. The minimum atomic E-state index is -4.02. The number of sulfonamides is 1. The Labute approximate surface area is 196 Å². The number of nitrogens with one attached hydrogen (secondary N) is 2. The maximum atomic E-state index is 13.2. The molecule has 0 radical (unpaired) electrons. The molecule has 2 N–H and O–H groups in total. The third-order valence-corrected chi connectivity index (χ3v) is 6.59. The van der Waals surface area contributed by atoms with Crippen LogP contribution in [-0.2, 0) is 19.6 Å². The number of para-hydroxylation sites is 3. The van der Waals surface area contributed by atoms with Crippen LogP contribution in [0.4, 0.5) is 21.5 Å². The number of halogens is 1. The van der Waals surface area contributed by atoms with Crippen molar-refractivity contribution >= 4 is 44.5 Å². The maximum absolute atomic E-state index is 13.2. The van der Waals surface area contributed by atoms with Crippen LogP contribution in [0, 0.1) is 5.82 Å². The van der Waals surface area contributed by atoms with Crippen molar-refractivity contribution in [3.63, 3.8) is 0 Å². The summed E-state index contributed by atoms with van der Waals surface area (Å²) in [5.74, 6) is -1.25. The molecule has 1 atom stereocenters. The number of nitrogens with zero attached hydrogens (tertiary/aromatic N) is 2. The number of carbonyl (C=O) groups excluding carboxylic acids is 2. The van der Waals surface area contributed by atoms with E-state index < -0.39 is 27.8 Å². The minimum absolute atomic E-state index is 0.111. The topological polar surface area (TPSA) is 108 Å². The lowest BCUT2D eigenvalue weighted by Gasteiger charge is -2.20. The van der Waals surface area contributed by atoms with E-state index in [1.54, 1.807) is 24.3 Å². The van der Waals surface area contributed by atoms with Crippen LogP contribution in [0.25, 0.3) is 0 Å². The second kappa shape index (κ2) is 9.44. The van der Waals surface area contributed by atoms with Gasteiger partial charge in [0.1, 0.15) is 17.6 Å². The van der Waals surface area contributed by atoms with Crippen molar-refractivity contribution < 1.29 is 22.4 Å². The first kappa shape index (κ1) is 23.1. The van der Waals surface area contributed by atoms with Gasteiger partial charge in [-0.3, -0.25) is 19.3 Å². The number of hydrogen-bond acceptors (Lipinski definition) is 6. The molecule has 0 saturated carbocycles. The highest BCUT2D eigenvalue weighted by molar-refractivity contribution is 7.92. The number of hydrazone groups is 1. The lowest BCUT2D eigenvalue weighted by molar-refractivity contribution is -0.118. The van der Waals surface area contributed by atoms with Gasteiger partial charge in [-0.25, -0.2) is 12.8 Å². The molecular weight excluding hydrogens is 459 g/mol. The van der Waals surface area contributed by atoms with Crippen molar-refractivity contribution in [1.82, 2.24) is 0 Å². The molecule has 0 bridgehead atoms. The zero-order valence-electron chi connectivity index (χ0n) is 18.1. The Kier molecular flexibility index (Phi) is 6.42. The van der Waals surface area contributed by atoms with Crippen LogP contribution >= 0.6 is 0 Å². The summed E-state index contributed by atoms with van der Waals surface area (Å²) in [7, 11) is -4.02. The van der Waals surface area contributed by atoms with Crippen LogP contribution in [0.3, 0.4) is 0 Å². The number of amides is 1. The number of benzene rings is 3. The fourth-order valence-electron chi connectivity index (χ4n) is 3.48. The predicted octanol–water partition coefficient (Wildman–Crippen LogP) is 3.79. The van der Waals surface area contributed by atoms with E-state index in [0.717, 1.165) is 24.3 Å². The van der Waals surface area contributed by atoms with Crippen LogP contribution in [-0.4, -0.2) is 31.9 Å². The molecule has 34 heavy (non-hydrogen) atoms. The van der Waals surface area contributed by atoms with Gasteiger partial charge in [-0.15, -0.1) is 0 Å². The van der Waals surface area contributed by atoms with Crippen LogP contribution in [0.5, 0.6) is 0 Å². The molecule has 1 aliphatic rings. The van der Waals surface area contributed by atoms with Gasteiger partial charge in [-0.05, 0) is 55.5 Å². The average Bonchev–Trinajstić information content (AvgIpc) is 3.27. The summed E-state index contributed by atoms with van der Waals surface area (Å²) in [6, 6.07) is 19.1. The fraction of sp³-hybridized carbons (Fsp3) is 0.125. The number of rotatable bonds is 7. The summed E-state index contributed by atoms with van der Waals surface area (Å²) >= 11 is 0. The first-order chi connectivity index (χ1) is 16.2. The van der Waals surface area contributed by atoms with Gasteiger partial charge in [0.25, 0.3) is 15.9 Å². The van der Waals surface area contributed by atoms with Crippen molar-refractivity contribution in [2.45, 2.75) is 24.3 Å². The Morgan fingerprint density at radius 1 is 0.941 bits per heavy atom. The Balaban J connectivity index is 1.56. The molecule has 8 nitrogen and oxygen atoms in total. The van der Waals surface area contributed by atoms with Crippen molar-refractivity contribution in [3.05, 3.63) is 84.7 Å². The molecule has 1 heterocycles. The van der Waals surface area contributed by atoms with Crippen molar-refractivity contribution in [3.8, 4) is 0 Å². The van der Waals surface area contributed by atoms with Gasteiger partial charge in [-0.1, -0.05) is 30.3 Å². The number of ketones is 1. The fourth-order valence-corrected chi connectivity index (χ4v) is 4.56. The molecule has 0 fully saturated rings. The minimum Gasteiger partial charge on any atom is -0.319 e. The van der Waals surface area contributed by atoms with E-state index in [9.17, 15) is 22.4 Å². The van der Waals surface area contributed by atoms with Gasteiger partial charge in [0.2, 0.25) is 0 Å². The maximum Gasteiger partial charge on any atom is 0.272 e. The molecule has 1 aliphatic heterocycles. The summed E-state index contributed by atoms with van der Waals surface area (Å²) in [5.41, 5.74) is 1.15. The van der Waals surface area contributed by atoms with Crippen molar-refractivity contribution in [2.75, 3.05) is 15.0 Å². The molecule has 174 valence electrons. The van der Waals surface area contributed by atoms with Crippen molar-refractivity contribution in [2.24, 2.45) is 5.10 Å². The quantitative estimate of drug-likeness (QED) is 0.535. The van der Waals surface area contributed by atoms with Crippen LogP contribution in [0.1, 0.15) is 13.3 Å². The monoisotopic (exact) mass is 480 g/mol. The number of carbonyl (C=O) groups is 2. The second-order valence-corrected chi connectivity index (χ2v) is 9.30. The van der Waals surface area contributed by atoms with Crippen LogP contribution in [0.15, 0.2) is 88.9 Å². The van der Waals surface area contributed by atoms with E-state index in [2.05, 4.69) is 15.1 Å². The Morgan fingerprint density at radius 3 is 2.21 bits per heavy atom. The lowest BCUT2D eigenvalue weighted by Crippen LogP contribution is -2.33. The van der Waals surface area contributed by atoms with Gasteiger partial charge in [-0.2, -0.15) is 5.10 Å². The third-order valence-electron chi connectivity index (χ3n) is 5.21. The number of anilines is 3. The second-order valence-electron chi connectivity index (χ2n) is 7.62. The zero-order valence-corrected chi connectivity index (χ0v) is 18.9. The summed E-state index contributed by atoms with van der Waals surface area (Å²) in [6.07, 6.45) is 0.111. The van der Waals surface area contributed by atoms with E-state index in [0.29, 0.717) is 5.69 Å². The Morgan fingerprint density at radius 2 is 1.56 bits per heavy atom. The molecule has 3 aromatic rings. The molecule has 1 amide bonds. The highest BCUT2D eigenvalue weighted by Gasteiger charge is 2.34. The molecule has 3 aromatic carbocycles. The molecule has 0 spiro atoms. The molecule has 4 rings (SSSR count). The molecular formula is C24H21FN4O4S. The average molecular weight is 481 g/mol. The first-order valence-corrected chi connectivity index (χ1v) is 11.8. The number of Topliss-reactive ketones (excluding diaryl/α,β-unsaturated/α-hetero) is 1. The van der Waals surface area contributed by atoms with E-state index in [4.69, 9.17) is 0 Å². The van der Waals surface area contributed by atoms with E-state index in [1.165, 1.54) is 24.1 Å². The van der Waals surface area contributed by atoms with Crippen LogP contribution in [0.2, 0.25) is 0 Å².